The molecule has 6 rings (SSSR count). The maximum Gasteiger partial charge on any atom is -0.0134 e. The normalized spacial score (nSPS) is 9.40. The molecule has 0 spiro atoms. The van der Waals surface area contributed by atoms with Crippen molar-refractivity contribution in [2.45, 2.75) is 0 Å². The van der Waals surface area contributed by atoms with Crippen LogP contribution >= 0.6 is 15.8 Å². The first-order valence-electron chi connectivity index (χ1n) is 13.0. The number of benzene rings is 6. The Hall–Kier alpha value is -2.47. The molecule has 0 aliphatic carbocycles. The minimum absolute atomic E-state index is 0. The molecule has 43 heavy (non-hydrogen) atoms. The molecule has 0 N–H and O–H groups in total. The summed E-state index contributed by atoms with van der Waals surface area (Å²) in [6.07, 6.45) is 0. The van der Waals surface area contributed by atoms with Crippen molar-refractivity contribution in [2.75, 3.05) is 0 Å². The Morgan fingerprint density at radius 2 is 0.395 bits per heavy atom. The third kappa shape index (κ3) is 11.5. The van der Waals surface area contributed by atoms with Crippen LogP contribution in [0, 0.1) is 6.65 Å². The number of halogens is 2. The van der Waals surface area contributed by atoms with Crippen LogP contribution in [0.15, 0.2) is 182 Å². The molecular weight excluding hydrogens is 874 g/mol. The zero-order valence-corrected chi connectivity index (χ0v) is 30.7. The minimum Gasteiger partial charge on any atom is -0.0622 e. The van der Waals surface area contributed by atoms with Gasteiger partial charge in [-0.2, -0.15) is 0 Å². The summed E-state index contributed by atoms with van der Waals surface area (Å²) in [7, 11) is -0.892. The van der Waals surface area contributed by atoms with Gasteiger partial charge < -0.3 is 34.0 Å². The molecule has 0 aliphatic heterocycles. The summed E-state index contributed by atoms with van der Waals surface area (Å²) in [6, 6.07) is 64.7. The zero-order chi connectivity index (χ0) is 27.8. The third-order valence-electron chi connectivity index (χ3n) is 6.09. The second-order valence-electron chi connectivity index (χ2n) is 8.68. The molecule has 0 fully saturated rings. The Balaban J connectivity index is 0.000000381. The molecule has 0 bridgehead atoms. The molecule has 0 atom stereocenters. The Morgan fingerprint density at radius 1 is 0.279 bits per heavy atom. The van der Waals surface area contributed by atoms with Gasteiger partial charge in [0.25, 0.3) is 0 Å². The fraction of sp³-hybridized carbons (Fsp3) is 0. The third-order valence-corrected chi connectivity index (χ3v) is 11.0. The van der Waals surface area contributed by atoms with Crippen LogP contribution in [0.3, 0.4) is 0 Å². The van der Waals surface area contributed by atoms with Crippen LogP contribution in [0.25, 0.3) is 0 Å². The molecule has 0 saturated carbocycles. The monoisotopic (exact) mass is 904 g/mol. The van der Waals surface area contributed by atoms with Crippen LogP contribution in [-0.4, -0.2) is 0 Å². The van der Waals surface area contributed by atoms with Gasteiger partial charge in [0.1, 0.15) is 0 Å². The largest absolute Gasteiger partial charge is 0.0622 e. The Morgan fingerprint density at radius 3 is 0.512 bits per heavy atom. The summed E-state index contributed by atoms with van der Waals surface area (Å²) in [5.41, 5.74) is 0. The fourth-order valence-electron chi connectivity index (χ4n) is 4.36. The summed E-state index contributed by atoms with van der Waals surface area (Å²) in [6.45, 7) is 4.50. The zero-order valence-electron chi connectivity index (χ0n) is 23.2. The number of hydrogen-bond acceptors (Lipinski definition) is 0. The van der Waals surface area contributed by atoms with Gasteiger partial charge in [-0.1, -0.05) is 182 Å². The van der Waals surface area contributed by atoms with Crippen molar-refractivity contribution >= 4 is 47.7 Å². The minimum atomic E-state index is -0.446. The molecule has 6 heteroatoms. The molecule has 6 aromatic rings. The Kier molecular flexibility index (Phi) is 19.8. The molecule has 0 saturated heterocycles. The van der Waals surface area contributed by atoms with E-state index >= 15 is 0 Å². The van der Waals surface area contributed by atoms with E-state index in [-0.39, 0.29) is 54.1 Å². The number of rotatable bonds is 6. The first-order valence-corrected chi connectivity index (χ1v) is 15.7. The molecule has 6 aromatic carbocycles. The van der Waals surface area contributed by atoms with Crippen LogP contribution in [0.4, 0.5) is 0 Å². The van der Waals surface area contributed by atoms with Crippen molar-refractivity contribution in [3.8, 4) is 0 Å². The van der Waals surface area contributed by atoms with Crippen molar-refractivity contribution in [3.63, 3.8) is 0 Å². The summed E-state index contributed by atoms with van der Waals surface area (Å²) < 4.78 is 7.50. The van der Waals surface area contributed by atoms with Crippen LogP contribution in [0.2, 0.25) is 0 Å². The van der Waals surface area contributed by atoms with Crippen molar-refractivity contribution in [1.29, 1.82) is 0 Å². The van der Waals surface area contributed by atoms with E-state index in [1.165, 1.54) is 31.8 Å². The van der Waals surface area contributed by atoms with Crippen molar-refractivity contribution in [3.05, 3.63) is 189 Å². The average Bonchev–Trinajstić information content (AvgIpc) is 3.06. The van der Waals surface area contributed by atoms with Crippen molar-refractivity contribution < 1.29 is 58.7 Å². The van der Waals surface area contributed by atoms with E-state index in [0.29, 0.717) is 0 Å². The molecule has 218 valence electrons. The van der Waals surface area contributed by atoms with Gasteiger partial charge in [-0.15, -0.1) is 0 Å². The summed E-state index contributed by atoms with van der Waals surface area (Å²) in [5, 5.41) is 8.39. The molecule has 0 heterocycles. The van der Waals surface area contributed by atoms with E-state index in [2.05, 4.69) is 189 Å². The van der Waals surface area contributed by atoms with Gasteiger partial charge >= 0.3 is 31.4 Å². The first kappa shape index (κ1) is 38.6. The van der Waals surface area contributed by atoms with E-state index in [0.717, 1.165) is 0 Å². The molecule has 0 aliphatic rings. The van der Waals surface area contributed by atoms with E-state index < -0.39 is 15.8 Å². The van der Waals surface area contributed by atoms with Gasteiger partial charge in [-0.3, -0.25) is 0 Å². The topological polar surface area (TPSA) is 19.9 Å². The molecule has 0 aromatic heterocycles. The maximum absolute atomic E-state index is 7.50. The van der Waals surface area contributed by atoms with E-state index in [4.69, 9.17) is 4.65 Å². The van der Waals surface area contributed by atoms with Crippen molar-refractivity contribution in [2.24, 2.45) is 0 Å². The predicted molar refractivity (Wildman–Crippen MR) is 176 cm³/mol. The SMILES string of the molecule is [Br-].[Br-].[C-]#[O+].[IrH+2].c1ccc(P(c2ccccc2)c2ccccc2)cc1.c1ccc(P(c2ccccc2)c2ccccc2)cc1. The summed E-state index contributed by atoms with van der Waals surface area (Å²) >= 11 is 0. The van der Waals surface area contributed by atoms with Crippen molar-refractivity contribution in [1.82, 2.24) is 0 Å². The van der Waals surface area contributed by atoms with Crippen LogP contribution in [0.1, 0.15) is 0 Å². The van der Waals surface area contributed by atoms with Gasteiger partial charge in [-0.25, -0.2) is 0 Å². The average molecular weight is 906 g/mol. The predicted octanol–water partition coefficient (Wildman–Crippen LogP) is 0.590. The van der Waals surface area contributed by atoms with Crippen LogP contribution in [-0.2, 0) is 24.8 Å². The quantitative estimate of drug-likeness (QED) is 0.133. The van der Waals surface area contributed by atoms with Gasteiger partial charge in [0, 0.05) is 0 Å². The fourth-order valence-corrected chi connectivity index (χ4v) is 8.97. The number of hydrogen-bond donors (Lipinski definition) is 0. The second kappa shape index (κ2) is 22.1. The van der Waals surface area contributed by atoms with Gasteiger partial charge in [0.05, 0.1) is 0 Å². The molecule has 1 radical (unpaired) electrons. The van der Waals surface area contributed by atoms with Gasteiger partial charge in [-0.05, 0) is 47.7 Å². The Bertz CT molecular complexity index is 1240. The maximum atomic E-state index is 7.50. The van der Waals surface area contributed by atoms with Crippen LogP contribution < -0.4 is 65.8 Å². The molecule has 0 amide bonds. The molecule has 1 nitrogen and oxygen atoms in total. The molecular formula is C37H31Br2IrOP2. The smallest absolute Gasteiger partial charge is 0.0134 e. The first-order chi connectivity index (χ1) is 19.9. The standard InChI is InChI=1S/2C18H15P.CO.2BrH.Ir.H/c2*1-4-10-16(11-5-1)19(17-12-6-2-7-13-17)18-14-8-3-9-15-18;1-2;;;;/h2*1-15H;;2*1H;;/q;;;;;+2;/p-2. The van der Waals surface area contributed by atoms with Gasteiger partial charge in [0.15, 0.2) is 0 Å². The summed E-state index contributed by atoms with van der Waals surface area (Å²) in [4.78, 5) is 0. The van der Waals surface area contributed by atoms with E-state index in [1.54, 1.807) is 0 Å². The second-order valence-corrected chi connectivity index (χ2v) is 13.1. The molecule has 0 unspecified atom stereocenters. The van der Waals surface area contributed by atoms with Crippen LogP contribution in [0.5, 0.6) is 0 Å². The van der Waals surface area contributed by atoms with E-state index in [9.17, 15) is 0 Å². The summed E-state index contributed by atoms with van der Waals surface area (Å²) in [5.74, 6) is 0. The van der Waals surface area contributed by atoms with Gasteiger partial charge in [0.2, 0.25) is 0 Å². The Labute approximate surface area is 292 Å². The van der Waals surface area contributed by atoms with E-state index in [1.807, 2.05) is 0 Å².